The van der Waals surface area contributed by atoms with Crippen LogP contribution in [0, 0.1) is 0 Å². The minimum atomic E-state index is -0.263. The molecule has 1 saturated heterocycles. The molecule has 19 heavy (non-hydrogen) atoms. The standard InChI is InChI=1S/C14H18N2O3/c17-14(12-9-18-7-5-15-12)16-11-3-4-13-10(8-11)2-1-6-19-13/h3-4,8,12,15H,1-2,5-7,9H2,(H,16,17). The lowest BCUT2D eigenvalue weighted by molar-refractivity contribution is -0.120. The van der Waals surface area contributed by atoms with Crippen molar-refractivity contribution in [2.24, 2.45) is 0 Å². The summed E-state index contributed by atoms with van der Waals surface area (Å²) < 4.78 is 10.8. The van der Waals surface area contributed by atoms with Crippen LogP contribution in [0.4, 0.5) is 5.69 Å². The minimum absolute atomic E-state index is 0.0450. The van der Waals surface area contributed by atoms with Crippen LogP contribution in [-0.2, 0) is 16.0 Å². The number of amides is 1. The third-order valence-corrected chi connectivity index (χ3v) is 3.41. The molecule has 3 rings (SSSR count). The Bertz CT molecular complexity index is 470. The number of aryl methyl sites for hydroxylation is 1. The lowest BCUT2D eigenvalue weighted by Crippen LogP contribution is -2.48. The van der Waals surface area contributed by atoms with E-state index in [0.717, 1.165) is 43.0 Å². The highest BCUT2D eigenvalue weighted by atomic mass is 16.5. The zero-order valence-corrected chi connectivity index (χ0v) is 10.8. The third-order valence-electron chi connectivity index (χ3n) is 3.41. The molecule has 2 N–H and O–H groups in total. The van der Waals surface area contributed by atoms with Crippen molar-refractivity contribution in [1.82, 2.24) is 5.32 Å². The van der Waals surface area contributed by atoms with E-state index in [4.69, 9.17) is 9.47 Å². The van der Waals surface area contributed by atoms with Crippen molar-refractivity contribution >= 4 is 11.6 Å². The van der Waals surface area contributed by atoms with Crippen LogP contribution in [0.3, 0.4) is 0 Å². The third kappa shape index (κ3) is 2.88. The van der Waals surface area contributed by atoms with Crippen LogP contribution in [0.25, 0.3) is 0 Å². The monoisotopic (exact) mass is 262 g/mol. The van der Waals surface area contributed by atoms with E-state index in [1.807, 2.05) is 18.2 Å². The average molecular weight is 262 g/mol. The van der Waals surface area contributed by atoms with Crippen molar-refractivity contribution in [3.63, 3.8) is 0 Å². The molecule has 1 fully saturated rings. The summed E-state index contributed by atoms with van der Waals surface area (Å²) in [6, 6.07) is 5.54. The number of rotatable bonds is 2. The van der Waals surface area contributed by atoms with Crippen LogP contribution in [-0.4, -0.2) is 38.3 Å². The van der Waals surface area contributed by atoms with Crippen molar-refractivity contribution in [2.75, 3.05) is 31.7 Å². The lowest BCUT2D eigenvalue weighted by Gasteiger charge is -2.23. The van der Waals surface area contributed by atoms with E-state index in [-0.39, 0.29) is 11.9 Å². The molecule has 0 radical (unpaired) electrons. The van der Waals surface area contributed by atoms with Crippen molar-refractivity contribution in [2.45, 2.75) is 18.9 Å². The molecule has 5 heteroatoms. The molecule has 0 bridgehead atoms. The van der Waals surface area contributed by atoms with Gasteiger partial charge in [-0.1, -0.05) is 0 Å². The van der Waals surface area contributed by atoms with Gasteiger partial charge in [0.2, 0.25) is 5.91 Å². The highest BCUT2D eigenvalue weighted by Gasteiger charge is 2.21. The summed E-state index contributed by atoms with van der Waals surface area (Å²) in [4.78, 5) is 12.1. The van der Waals surface area contributed by atoms with Crippen molar-refractivity contribution in [1.29, 1.82) is 0 Å². The smallest absolute Gasteiger partial charge is 0.243 e. The number of nitrogens with one attached hydrogen (secondary N) is 2. The number of ether oxygens (including phenoxy) is 2. The fraction of sp³-hybridized carbons (Fsp3) is 0.500. The molecule has 0 aliphatic carbocycles. The van der Waals surface area contributed by atoms with Crippen LogP contribution < -0.4 is 15.4 Å². The first-order valence-electron chi connectivity index (χ1n) is 6.71. The van der Waals surface area contributed by atoms with Gasteiger partial charge in [0, 0.05) is 12.2 Å². The molecule has 102 valence electrons. The van der Waals surface area contributed by atoms with Gasteiger partial charge < -0.3 is 20.1 Å². The average Bonchev–Trinajstić information content (AvgIpc) is 2.48. The van der Waals surface area contributed by atoms with Crippen LogP contribution in [0.15, 0.2) is 18.2 Å². The molecule has 2 heterocycles. The van der Waals surface area contributed by atoms with E-state index in [2.05, 4.69) is 10.6 Å². The van der Waals surface area contributed by atoms with E-state index >= 15 is 0 Å². The van der Waals surface area contributed by atoms with Crippen LogP contribution in [0.5, 0.6) is 5.75 Å². The second-order valence-electron chi connectivity index (χ2n) is 4.85. The zero-order valence-electron chi connectivity index (χ0n) is 10.8. The number of fused-ring (bicyclic) bond motifs is 1. The number of hydrogen-bond acceptors (Lipinski definition) is 4. The maximum atomic E-state index is 12.1. The van der Waals surface area contributed by atoms with Crippen molar-refractivity contribution in [3.05, 3.63) is 23.8 Å². The largest absolute Gasteiger partial charge is 0.493 e. The van der Waals surface area contributed by atoms with E-state index in [0.29, 0.717) is 13.2 Å². The predicted molar refractivity (Wildman–Crippen MR) is 71.5 cm³/mol. The molecule has 1 aromatic carbocycles. The second-order valence-corrected chi connectivity index (χ2v) is 4.85. The SMILES string of the molecule is O=C(Nc1ccc2c(c1)CCCO2)C1COCCN1. The molecule has 1 unspecified atom stereocenters. The number of morpholine rings is 1. The van der Waals surface area contributed by atoms with Gasteiger partial charge in [0.25, 0.3) is 0 Å². The summed E-state index contributed by atoms with van der Waals surface area (Å²) in [5.41, 5.74) is 1.98. The molecule has 5 nitrogen and oxygen atoms in total. The van der Waals surface area contributed by atoms with Gasteiger partial charge in [0.1, 0.15) is 11.8 Å². The Kier molecular flexibility index (Phi) is 3.66. The topological polar surface area (TPSA) is 59.6 Å². The number of anilines is 1. The summed E-state index contributed by atoms with van der Waals surface area (Å²) in [5, 5.41) is 6.06. The van der Waals surface area contributed by atoms with Gasteiger partial charge in [-0.15, -0.1) is 0 Å². The van der Waals surface area contributed by atoms with Gasteiger partial charge in [-0.05, 0) is 36.6 Å². The van der Waals surface area contributed by atoms with Gasteiger partial charge >= 0.3 is 0 Å². The summed E-state index contributed by atoms with van der Waals surface area (Å²) >= 11 is 0. The van der Waals surface area contributed by atoms with Gasteiger partial charge in [0.15, 0.2) is 0 Å². The van der Waals surface area contributed by atoms with Gasteiger partial charge in [-0.3, -0.25) is 4.79 Å². The Morgan fingerprint density at radius 3 is 3.16 bits per heavy atom. The zero-order chi connectivity index (χ0) is 13.1. The summed E-state index contributed by atoms with van der Waals surface area (Å²) in [6.07, 6.45) is 2.03. The Balaban J connectivity index is 1.67. The Morgan fingerprint density at radius 1 is 1.37 bits per heavy atom. The summed E-state index contributed by atoms with van der Waals surface area (Å²) in [7, 11) is 0. The first-order chi connectivity index (χ1) is 9.33. The van der Waals surface area contributed by atoms with Crippen LogP contribution in [0.2, 0.25) is 0 Å². The first kappa shape index (κ1) is 12.4. The lowest BCUT2D eigenvalue weighted by atomic mass is 10.1. The van der Waals surface area contributed by atoms with Gasteiger partial charge in [0.05, 0.1) is 19.8 Å². The highest BCUT2D eigenvalue weighted by Crippen LogP contribution is 2.27. The van der Waals surface area contributed by atoms with E-state index in [1.54, 1.807) is 0 Å². The van der Waals surface area contributed by atoms with Crippen LogP contribution >= 0.6 is 0 Å². The molecule has 0 aromatic heterocycles. The molecule has 2 aliphatic heterocycles. The normalized spacial score (nSPS) is 22.2. The molecule has 0 spiro atoms. The van der Waals surface area contributed by atoms with Gasteiger partial charge in [-0.2, -0.15) is 0 Å². The summed E-state index contributed by atoms with van der Waals surface area (Å²) in [5.74, 6) is 0.889. The fourth-order valence-electron chi connectivity index (χ4n) is 2.40. The molecule has 1 atom stereocenters. The Labute approximate surface area is 112 Å². The molecular weight excluding hydrogens is 244 g/mol. The Morgan fingerprint density at radius 2 is 2.32 bits per heavy atom. The van der Waals surface area contributed by atoms with Crippen molar-refractivity contribution in [3.8, 4) is 5.75 Å². The molecular formula is C14H18N2O3. The maximum Gasteiger partial charge on any atom is 0.243 e. The predicted octanol–water partition coefficient (Wildman–Crippen LogP) is 0.938. The minimum Gasteiger partial charge on any atom is -0.493 e. The van der Waals surface area contributed by atoms with Gasteiger partial charge in [-0.25, -0.2) is 0 Å². The van der Waals surface area contributed by atoms with Crippen LogP contribution in [0.1, 0.15) is 12.0 Å². The Hall–Kier alpha value is -1.59. The first-order valence-corrected chi connectivity index (χ1v) is 6.71. The highest BCUT2D eigenvalue weighted by molar-refractivity contribution is 5.95. The molecule has 1 amide bonds. The number of hydrogen-bond donors (Lipinski definition) is 2. The maximum absolute atomic E-state index is 12.1. The van der Waals surface area contributed by atoms with E-state index in [9.17, 15) is 4.79 Å². The fourth-order valence-corrected chi connectivity index (χ4v) is 2.40. The van der Waals surface area contributed by atoms with Crippen molar-refractivity contribution < 1.29 is 14.3 Å². The van der Waals surface area contributed by atoms with E-state index in [1.165, 1.54) is 0 Å². The number of carbonyl (C=O) groups excluding carboxylic acids is 1. The quantitative estimate of drug-likeness (QED) is 0.832. The molecule has 0 saturated carbocycles. The number of carbonyl (C=O) groups is 1. The number of benzene rings is 1. The summed E-state index contributed by atoms with van der Waals surface area (Å²) in [6.45, 7) is 2.60. The molecule has 1 aromatic rings. The second kappa shape index (κ2) is 5.59. The molecule has 2 aliphatic rings. The van der Waals surface area contributed by atoms with E-state index < -0.39 is 0 Å².